The van der Waals surface area contributed by atoms with Gasteiger partial charge in [-0.3, -0.25) is 9.59 Å². The lowest BCUT2D eigenvalue weighted by molar-refractivity contribution is -0.138. The van der Waals surface area contributed by atoms with Gasteiger partial charge in [0.15, 0.2) is 0 Å². The molecular formula is C37H72N2O3. The van der Waals surface area contributed by atoms with E-state index in [2.05, 4.69) is 19.2 Å². The van der Waals surface area contributed by atoms with Crippen LogP contribution >= 0.6 is 0 Å². The Balaban J connectivity index is 2.00. The molecule has 2 amide bonds. The van der Waals surface area contributed by atoms with Crippen molar-refractivity contribution >= 4 is 11.8 Å². The molecule has 5 nitrogen and oxygen atoms in total. The third kappa shape index (κ3) is 21.6. The van der Waals surface area contributed by atoms with Crippen LogP contribution in [-0.2, 0) is 9.59 Å². The largest absolute Gasteiger partial charge is 0.391 e. The Hall–Kier alpha value is -1.10. The summed E-state index contributed by atoms with van der Waals surface area (Å²) in [6, 6.07) is -0.499. The molecule has 0 aromatic rings. The van der Waals surface area contributed by atoms with Gasteiger partial charge in [-0.25, -0.2) is 0 Å². The Bertz CT molecular complexity index is 626. The van der Waals surface area contributed by atoms with Gasteiger partial charge in [-0.05, 0) is 12.8 Å². The number of unbranched alkanes of at least 4 members (excludes halogenated alkanes) is 25. The van der Waals surface area contributed by atoms with Crippen LogP contribution in [0.2, 0.25) is 0 Å². The predicted octanol–water partition coefficient (Wildman–Crippen LogP) is 10.0. The number of hydrogen-bond donors (Lipinski definition) is 2. The first-order chi connectivity index (χ1) is 20.6. The van der Waals surface area contributed by atoms with Crippen molar-refractivity contribution in [3.63, 3.8) is 0 Å². The summed E-state index contributed by atoms with van der Waals surface area (Å²) >= 11 is 0. The highest BCUT2D eigenvalue weighted by Gasteiger charge is 2.38. The maximum Gasteiger partial charge on any atom is 0.242 e. The molecule has 0 bridgehead atoms. The molecule has 1 fully saturated rings. The Labute approximate surface area is 261 Å². The van der Waals surface area contributed by atoms with E-state index in [9.17, 15) is 14.7 Å². The summed E-state index contributed by atoms with van der Waals surface area (Å²) < 4.78 is 0. The molecule has 5 heteroatoms. The lowest BCUT2D eigenvalue weighted by atomic mass is 10.0. The second-order valence-electron chi connectivity index (χ2n) is 13.3. The van der Waals surface area contributed by atoms with E-state index in [1.165, 1.54) is 148 Å². The van der Waals surface area contributed by atoms with Gasteiger partial charge in [-0.2, -0.15) is 0 Å². The fourth-order valence-corrected chi connectivity index (χ4v) is 6.42. The highest BCUT2D eigenvalue weighted by molar-refractivity contribution is 5.88. The van der Waals surface area contributed by atoms with Crippen molar-refractivity contribution in [3.8, 4) is 0 Å². The quantitative estimate of drug-likeness (QED) is 0.0815. The minimum atomic E-state index is -0.586. The average molecular weight is 593 g/mol. The molecule has 0 radical (unpaired) electrons. The van der Waals surface area contributed by atoms with Gasteiger partial charge in [0.1, 0.15) is 6.04 Å². The first kappa shape index (κ1) is 38.9. The number of nitrogens with zero attached hydrogens (tertiary/aromatic N) is 1. The van der Waals surface area contributed by atoms with Gasteiger partial charge in [0.05, 0.1) is 6.10 Å². The molecule has 0 aromatic heterocycles. The van der Waals surface area contributed by atoms with E-state index in [1.54, 1.807) is 4.90 Å². The number of amides is 2. The van der Waals surface area contributed by atoms with Gasteiger partial charge in [-0.1, -0.05) is 174 Å². The minimum Gasteiger partial charge on any atom is -0.391 e. The molecule has 42 heavy (non-hydrogen) atoms. The zero-order chi connectivity index (χ0) is 30.5. The summed E-state index contributed by atoms with van der Waals surface area (Å²) in [5.74, 6) is -0.0498. The van der Waals surface area contributed by atoms with Gasteiger partial charge < -0.3 is 15.3 Å². The second-order valence-corrected chi connectivity index (χ2v) is 13.3. The molecule has 0 saturated carbocycles. The Morgan fingerprint density at radius 3 is 1.33 bits per heavy atom. The molecule has 1 heterocycles. The lowest BCUT2D eigenvalue weighted by Crippen LogP contribution is -2.46. The van der Waals surface area contributed by atoms with Gasteiger partial charge in [-0.15, -0.1) is 0 Å². The van der Waals surface area contributed by atoms with Crippen LogP contribution in [0.5, 0.6) is 0 Å². The molecule has 2 atom stereocenters. The lowest BCUT2D eigenvalue weighted by Gasteiger charge is -2.23. The molecule has 0 spiro atoms. The maximum absolute atomic E-state index is 12.9. The van der Waals surface area contributed by atoms with Crippen molar-refractivity contribution in [1.29, 1.82) is 0 Å². The molecule has 1 saturated heterocycles. The van der Waals surface area contributed by atoms with Crippen molar-refractivity contribution in [2.75, 3.05) is 13.1 Å². The van der Waals surface area contributed by atoms with Crippen LogP contribution in [0.3, 0.4) is 0 Å². The van der Waals surface area contributed by atoms with Crippen molar-refractivity contribution in [2.45, 2.75) is 212 Å². The van der Waals surface area contributed by atoms with Crippen LogP contribution in [-0.4, -0.2) is 47.1 Å². The minimum absolute atomic E-state index is 0.0336. The highest BCUT2D eigenvalue weighted by atomic mass is 16.3. The van der Waals surface area contributed by atoms with E-state index in [1.807, 2.05) is 0 Å². The summed E-state index contributed by atoms with van der Waals surface area (Å²) in [5.41, 5.74) is 0. The van der Waals surface area contributed by atoms with E-state index < -0.39 is 12.1 Å². The summed E-state index contributed by atoms with van der Waals surface area (Å²) in [6.45, 7) is 5.51. The number of nitrogens with one attached hydrogen (secondary N) is 1. The monoisotopic (exact) mass is 593 g/mol. The summed E-state index contributed by atoms with van der Waals surface area (Å²) in [6.07, 6.45) is 35.5. The van der Waals surface area contributed by atoms with Crippen molar-refractivity contribution in [2.24, 2.45) is 0 Å². The number of carbonyl (C=O) groups excluding carboxylic acids is 2. The first-order valence-electron chi connectivity index (χ1n) is 18.8. The molecule has 2 N–H and O–H groups in total. The highest BCUT2D eigenvalue weighted by Crippen LogP contribution is 2.21. The second kappa shape index (κ2) is 28.7. The third-order valence-corrected chi connectivity index (χ3v) is 9.23. The van der Waals surface area contributed by atoms with Crippen molar-refractivity contribution in [3.05, 3.63) is 0 Å². The van der Waals surface area contributed by atoms with Crippen molar-refractivity contribution in [1.82, 2.24) is 10.2 Å². The predicted molar refractivity (Wildman–Crippen MR) is 180 cm³/mol. The number of aliphatic hydroxyl groups excluding tert-OH is 1. The molecule has 1 aliphatic heterocycles. The molecule has 0 aromatic carbocycles. The molecule has 0 unspecified atom stereocenters. The van der Waals surface area contributed by atoms with Crippen LogP contribution in [0.1, 0.15) is 200 Å². The molecule has 1 rings (SSSR count). The molecule has 248 valence electrons. The van der Waals surface area contributed by atoms with E-state index in [-0.39, 0.29) is 11.8 Å². The summed E-state index contributed by atoms with van der Waals surface area (Å²) in [4.78, 5) is 27.3. The smallest absolute Gasteiger partial charge is 0.242 e. The van der Waals surface area contributed by atoms with Crippen LogP contribution in [0.4, 0.5) is 0 Å². The summed E-state index contributed by atoms with van der Waals surface area (Å²) in [7, 11) is 0. The third-order valence-electron chi connectivity index (χ3n) is 9.23. The van der Waals surface area contributed by atoms with E-state index in [4.69, 9.17) is 0 Å². The van der Waals surface area contributed by atoms with Gasteiger partial charge in [0.2, 0.25) is 11.8 Å². The molecular weight excluding hydrogens is 520 g/mol. The maximum atomic E-state index is 12.9. The van der Waals surface area contributed by atoms with Crippen molar-refractivity contribution < 1.29 is 14.7 Å². The zero-order valence-corrected chi connectivity index (χ0v) is 28.3. The Kier molecular flexibility index (Phi) is 26.6. The number of aliphatic hydroxyl groups is 1. The molecule has 1 aliphatic rings. The summed E-state index contributed by atoms with van der Waals surface area (Å²) in [5, 5.41) is 13.2. The van der Waals surface area contributed by atoms with E-state index >= 15 is 0 Å². The van der Waals surface area contributed by atoms with Crippen LogP contribution in [0, 0.1) is 0 Å². The van der Waals surface area contributed by atoms with Gasteiger partial charge in [0, 0.05) is 25.9 Å². The van der Waals surface area contributed by atoms with E-state index in [0.717, 1.165) is 25.7 Å². The topological polar surface area (TPSA) is 69.6 Å². The SMILES string of the molecule is CCCCCCCCCCCCCCCCNC(=O)[C@H]1C[C@H](O)CN1C(=O)CCCCCCCCCCCCCCC. The normalized spacial score (nSPS) is 16.8. The number of likely N-dealkylation sites (tertiary alicyclic amines) is 1. The zero-order valence-electron chi connectivity index (χ0n) is 28.3. The van der Waals surface area contributed by atoms with Gasteiger partial charge >= 0.3 is 0 Å². The first-order valence-corrected chi connectivity index (χ1v) is 18.8. The van der Waals surface area contributed by atoms with Crippen LogP contribution in [0.15, 0.2) is 0 Å². The van der Waals surface area contributed by atoms with Crippen LogP contribution < -0.4 is 5.32 Å². The fourth-order valence-electron chi connectivity index (χ4n) is 6.42. The number of carbonyl (C=O) groups is 2. The fraction of sp³-hybridized carbons (Fsp3) is 0.946. The number of rotatable bonds is 30. The van der Waals surface area contributed by atoms with Gasteiger partial charge in [0.25, 0.3) is 0 Å². The van der Waals surface area contributed by atoms with E-state index in [0.29, 0.717) is 25.9 Å². The standard InChI is InChI=1S/C37H72N2O3/c1-3-5-7-9-11-13-15-17-19-21-23-25-27-29-31-38-37(42)35-32-34(40)33-39(35)36(41)30-28-26-24-22-20-18-16-14-12-10-8-6-4-2/h34-35,40H,3-33H2,1-2H3,(H,38,42)/t34-,35+/m0/s1. The Morgan fingerprint density at radius 2 is 0.929 bits per heavy atom. The average Bonchev–Trinajstić information content (AvgIpc) is 3.39. The number of hydrogen-bond acceptors (Lipinski definition) is 3. The number of β-amino-alcohol motifs (C(OH)–C–C–N with tert-alkyl or cyclic N) is 1. The molecule has 0 aliphatic carbocycles. The Morgan fingerprint density at radius 1 is 0.571 bits per heavy atom. The van der Waals surface area contributed by atoms with Crippen LogP contribution in [0.25, 0.3) is 0 Å².